The van der Waals surface area contributed by atoms with Crippen molar-refractivity contribution < 1.29 is 24.6 Å². The third-order valence-corrected chi connectivity index (χ3v) is 11.9. The summed E-state index contributed by atoms with van der Waals surface area (Å²) in [5.41, 5.74) is 12.8. The molecule has 5 aromatic rings. The van der Waals surface area contributed by atoms with Crippen molar-refractivity contribution in [1.82, 2.24) is 45.4 Å². The van der Waals surface area contributed by atoms with E-state index >= 15 is 0 Å². The average Bonchev–Trinajstić information content (AvgIpc) is 3.97. The van der Waals surface area contributed by atoms with Crippen LogP contribution in [0.4, 0.5) is 5.82 Å². The van der Waals surface area contributed by atoms with Crippen molar-refractivity contribution in [3.05, 3.63) is 83.8 Å². The number of hydrogen-bond donors (Lipinski definition) is 5. The number of nitrogens with one attached hydrogen (secondary N) is 2. The van der Waals surface area contributed by atoms with Crippen molar-refractivity contribution in [2.75, 3.05) is 31.9 Å². The highest BCUT2D eigenvalue weighted by Gasteiger charge is 2.44. The third kappa shape index (κ3) is 9.03. The topological polar surface area (TPSA) is 205 Å². The average molecular weight is 807 g/mol. The number of carbonyl (C=O) groups excluding carboxylic acids is 3. The number of aliphatic hydroxyl groups is 1. The first kappa shape index (κ1) is 40.5. The fourth-order valence-corrected chi connectivity index (χ4v) is 8.47. The molecule has 0 saturated carbocycles. The lowest BCUT2D eigenvalue weighted by Gasteiger charge is -2.36. The SMILES string of the molecule is Cc1ncsc1-c1ccc(CNC(=O)[C@@H]2C[C@@H](O)CN2C(=O)[C@@H](NC(=O)CN2CCC(n3cc(-c4cc(-c5ccccc5O)nnc4N)cn3)CC2)C(C)(C)C)cc1. The molecule has 3 amide bonds. The Bertz CT molecular complexity index is 2260. The number of rotatable bonds is 11. The number of phenols is 1. The van der Waals surface area contributed by atoms with Gasteiger partial charge in [-0.1, -0.05) is 57.2 Å². The molecule has 2 aromatic carbocycles. The Balaban J connectivity index is 0.928. The van der Waals surface area contributed by atoms with Crippen LogP contribution < -0.4 is 16.4 Å². The van der Waals surface area contributed by atoms with Crippen LogP contribution in [0.3, 0.4) is 0 Å². The molecule has 0 unspecified atom stereocenters. The molecule has 2 saturated heterocycles. The standard InChI is InChI=1S/C42H50N10O5S/c1-25-37(58-24-45-25)27-11-9-26(10-12-27)19-44-40(56)34-17-30(53)22-51(34)41(57)38(42(2,3)4)47-36(55)23-50-15-13-29(14-16-50)52-21-28(20-46-52)32-18-33(48-49-39(32)43)31-7-5-6-8-35(31)54/h5-12,18,20-21,24,29-30,34,38,53-54H,13-17,19,22-23H2,1-4H3,(H2,43,49)(H,44,56)(H,47,55)/t30-,34+,38-/m1/s1. The lowest BCUT2D eigenvalue weighted by molar-refractivity contribution is -0.144. The Morgan fingerprint density at radius 3 is 2.45 bits per heavy atom. The molecule has 15 nitrogen and oxygen atoms in total. The molecule has 7 rings (SSSR count). The Morgan fingerprint density at radius 1 is 1.02 bits per heavy atom. The minimum Gasteiger partial charge on any atom is -0.507 e. The van der Waals surface area contributed by atoms with Gasteiger partial charge < -0.3 is 31.5 Å². The van der Waals surface area contributed by atoms with Gasteiger partial charge in [0.15, 0.2) is 5.82 Å². The normalized spacial score (nSPS) is 18.3. The van der Waals surface area contributed by atoms with Crippen molar-refractivity contribution >= 4 is 34.9 Å². The van der Waals surface area contributed by atoms with E-state index in [4.69, 9.17) is 5.73 Å². The van der Waals surface area contributed by atoms with Gasteiger partial charge in [0.1, 0.15) is 17.8 Å². The molecule has 58 heavy (non-hydrogen) atoms. The summed E-state index contributed by atoms with van der Waals surface area (Å²) in [5.74, 6) is -0.677. The molecular formula is C42H50N10O5S. The quantitative estimate of drug-likeness (QED) is 0.128. The van der Waals surface area contributed by atoms with Gasteiger partial charge in [0.2, 0.25) is 17.7 Å². The number of piperidine rings is 1. The number of nitrogens with zero attached hydrogens (tertiary/aromatic N) is 7. The smallest absolute Gasteiger partial charge is 0.246 e. The highest BCUT2D eigenvalue weighted by molar-refractivity contribution is 7.13. The number of benzene rings is 2. The zero-order chi connectivity index (χ0) is 41.1. The number of para-hydroxylation sites is 1. The number of nitrogens with two attached hydrogens (primary N) is 1. The second-order valence-corrected chi connectivity index (χ2v) is 17.1. The number of carbonyl (C=O) groups is 3. The highest BCUT2D eigenvalue weighted by Crippen LogP contribution is 2.33. The first-order chi connectivity index (χ1) is 27.7. The minimum atomic E-state index is -0.912. The Hall–Kier alpha value is -5.71. The molecule has 2 aliphatic rings. The molecule has 0 radical (unpaired) electrons. The number of nitrogen functional groups attached to an aromatic ring is 1. The summed E-state index contributed by atoms with van der Waals surface area (Å²) in [6.07, 6.45) is 4.43. The van der Waals surface area contributed by atoms with Crippen LogP contribution in [0.25, 0.3) is 32.8 Å². The summed E-state index contributed by atoms with van der Waals surface area (Å²) in [4.78, 5) is 50.0. The van der Waals surface area contributed by atoms with E-state index in [1.165, 1.54) is 4.90 Å². The van der Waals surface area contributed by atoms with Gasteiger partial charge in [-0.05, 0) is 54.5 Å². The Kier molecular flexibility index (Phi) is 11.9. The maximum Gasteiger partial charge on any atom is 0.246 e. The summed E-state index contributed by atoms with van der Waals surface area (Å²) in [6.45, 7) is 9.27. The predicted octanol–water partition coefficient (Wildman–Crippen LogP) is 4.17. The van der Waals surface area contributed by atoms with E-state index in [0.29, 0.717) is 29.9 Å². The van der Waals surface area contributed by atoms with E-state index in [-0.39, 0.29) is 55.5 Å². The maximum atomic E-state index is 14.1. The van der Waals surface area contributed by atoms with Crippen LogP contribution in [0.2, 0.25) is 0 Å². The third-order valence-electron chi connectivity index (χ3n) is 10.9. The van der Waals surface area contributed by atoms with Gasteiger partial charge in [0.25, 0.3) is 0 Å². The number of aryl methyl sites for hydroxylation is 1. The number of anilines is 1. The van der Waals surface area contributed by atoms with E-state index in [9.17, 15) is 24.6 Å². The maximum absolute atomic E-state index is 14.1. The summed E-state index contributed by atoms with van der Waals surface area (Å²) in [6, 6.07) is 14.9. The van der Waals surface area contributed by atoms with Crippen molar-refractivity contribution in [3.63, 3.8) is 0 Å². The van der Waals surface area contributed by atoms with E-state index in [1.807, 2.05) is 74.4 Å². The predicted molar refractivity (Wildman–Crippen MR) is 221 cm³/mol. The van der Waals surface area contributed by atoms with Gasteiger partial charge in [0.05, 0.1) is 46.7 Å². The van der Waals surface area contributed by atoms with Crippen LogP contribution in [-0.2, 0) is 20.9 Å². The van der Waals surface area contributed by atoms with Crippen LogP contribution in [0, 0.1) is 12.3 Å². The molecule has 304 valence electrons. The largest absolute Gasteiger partial charge is 0.507 e. The lowest BCUT2D eigenvalue weighted by atomic mass is 9.85. The monoisotopic (exact) mass is 806 g/mol. The van der Waals surface area contributed by atoms with Crippen LogP contribution in [0.1, 0.15) is 57.3 Å². The second kappa shape index (κ2) is 17.0. The summed E-state index contributed by atoms with van der Waals surface area (Å²) < 4.78 is 1.91. The molecule has 16 heteroatoms. The zero-order valence-corrected chi connectivity index (χ0v) is 33.9. The van der Waals surface area contributed by atoms with E-state index in [2.05, 4.69) is 35.8 Å². The molecule has 2 aliphatic heterocycles. The number of aliphatic hydroxyl groups excluding tert-OH is 1. The molecule has 6 N–H and O–H groups in total. The van der Waals surface area contributed by atoms with Crippen LogP contribution in [0.5, 0.6) is 5.75 Å². The Labute approximate surface area is 341 Å². The fraction of sp³-hybridized carbons (Fsp3) is 0.405. The number of β-amino-alcohol motifs (C(OH)–C–C–N with tert-alkyl or cyclic N) is 1. The Morgan fingerprint density at radius 2 is 1.76 bits per heavy atom. The second-order valence-electron chi connectivity index (χ2n) is 16.2. The minimum absolute atomic E-state index is 0.00691. The first-order valence-corrected chi connectivity index (χ1v) is 20.4. The number of likely N-dealkylation sites (tertiary alicyclic amines) is 2. The number of amides is 3. The van der Waals surface area contributed by atoms with Gasteiger partial charge in [-0.25, -0.2) is 4.98 Å². The van der Waals surface area contributed by atoms with E-state index < -0.39 is 29.5 Å². The van der Waals surface area contributed by atoms with Crippen molar-refractivity contribution in [1.29, 1.82) is 0 Å². The molecule has 0 aliphatic carbocycles. The lowest BCUT2D eigenvalue weighted by Crippen LogP contribution is -2.58. The van der Waals surface area contributed by atoms with Gasteiger partial charge in [-0.15, -0.1) is 21.5 Å². The molecular weight excluding hydrogens is 757 g/mol. The summed E-state index contributed by atoms with van der Waals surface area (Å²) in [5, 5.41) is 39.8. The highest BCUT2D eigenvalue weighted by atomic mass is 32.1. The molecule has 0 bridgehead atoms. The van der Waals surface area contributed by atoms with Gasteiger partial charge in [0, 0.05) is 55.5 Å². The van der Waals surface area contributed by atoms with Crippen molar-refractivity contribution in [2.24, 2.45) is 5.41 Å². The van der Waals surface area contributed by atoms with E-state index in [0.717, 1.165) is 40.1 Å². The van der Waals surface area contributed by atoms with Gasteiger partial charge in [-0.3, -0.25) is 24.0 Å². The van der Waals surface area contributed by atoms with Crippen molar-refractivity contribution in [3.8, 4) is 38.6 Å². The molecule has 0 spiro atoms. The fourth-order valence-electron chi connectivity index (χ4n) is 7.66. The number of thiazole rings is 1. The zero-order valence-electron chi connectivity index (χ0n) is 33.1. The number of phenolic OH excluding ortho intramolecular Hbond substituents is 1. The number of hydrogen-bond acceptors (Lipinski definition) is 12. The molecule has 3 atom stereocenters. The summed E-state index contributed by atoms with van der Waals surface area (Å²) >= 11 is 1.58. The van der Waals surface area contributed by atoms with Gasteiger partial charge >= 0.3 is 0 Å². The van der Waals surface area contributed by atoms with Crippen LogP contribution >= 0.6 is 11.3 Å². The first-order valence-electron chi connectivity index (χ1n) is 19.5. The molecule has 2 fully saturated rings. The van der Waals surface area contributed by atoms with Crippen LogP contribution in [-0.4, -0.2) is 107 Å². The molecule has 3 aromatic heterocycles. The van der Waals surface area contributed by atoms with Gasteiger partial charge in [-0.2, -0.15) is 5.10 Å². The number of aromatic nitrogens is 5. The number of aromatic hydroxyl groups is 1. The van der Waals surface area contributed by atoms with Crippen LogP contribution in [0.15, 0.2) is 72.5 Å². The summed E-state index contributed by atoms with van der Waals surface area (Å²) in [7, 11) is 0. The van der Waals surface area contributed by atoms with E-state index in [1.54, 1.807) is 41.8 Å². The van der Waals surface area contributed by atoms with Crippen molar-refractivity contribution in [2.45, 2.75) is 77.7 Å². The molecule has 5 heterocycles.